The fraction of sp³-hybridized carbons (Fsp3) is 0.231. The van der Waals surface area contributed by atoms with Crippen molar-refractivity contribution in [2.24, 2.45) is 7.05 Å². The average molecular weight is 271 g/mol. The number of rotatable bonds is 2. The smallest absolute Gasteiger partial charge is 0.270 e. The molecule has 0 fully saturated rings. The van der Waals surface area contributed by atoms with Crippen LogP contribution in [0.2, 0.25) is 0 Å². The maximum Gasteiger partial charge on any atom is 0.270 e. The molecule has 2 rings (SSSR count). The standard InChI is InChI=1S/C13H13N5O2/c1-9-5-6-10(4-3-7-19)8-11(9)12(20)14-13-15-17-18(2)16-13/h5-6,8,19H,7H2,1-2H3,(H,14,16,20). The molecular weight excluding hydrogens is 258 g/mol. The van der Waals surface area contributed by atoms with E-state index in [4.69, 9.17) is 5.11 Å². The van der Waals surface area contributed by atoms with Crippen molar-refractivity contribution in [3.05, 3.63) is 34.9 Å². The molecule has 7 heteroatoms. The number of aryl methyl sites for hydroxylation is 2. The minimum Gasteiger partial charge on any atom is -0.384 e. The van der Waals surface area contributed by atoms with Gasteiger partial charge < -0.3 is 5.11 Å². The highest BCUT2D eigenvalue weighted by molar-refractivity contribution is 6.04. The number of aliphatic hydroxyl groups is 1. The highest BCUT2D eigenvalue weighted by atomic mass is 16.2. The summed E-state index contributed by atoms with van der Waals surface area (Å²) in [5.74, 6) is 5.11. The van der Waals surface area contributed by atoms with Gasteiger partial charge in [0.15, 0.2) is 0 Å². The maximum atomic E-state index is 12.1. The van der Waals surface area contributed by atoms with Gasteiger partial charge in [-0.2, -0.15) is 4.80 Å². The Labute approximate surface area is 115 Å². The third kappa shape index (κ3) is 3.18. The molecular formula is C13H13N5O2. The molecule has 0 aliphatic heterocycles. The number of tetrazole rings is 1. The van der Waals surface area contributed by atoms with Crippen molar-refractivity contribution in [3.63, 3.8) is 0 Å². The van der Waals surface area contributed by atoms with Crippen LogP contribution in [0.3, 0.4) is 0 Å². The van der Waals surface area contributed by atoms with Crippen LogP contribution in [0.25, 0.3) is 0 Å². The van der Waals surface area contributed by atoms with Gasteiger partial charge >= 0.3 is 0 Å². The lowest BCUT2D eigenvalue weighted by molar-refractivity contribution is 0.102. The quantitative estimate of drug-likeness (QED) is 0.756. The first kappa shape index (κ1) is 13.7. The average Bonchev–Trinajstić information content (AvgIpc) is 2.83. The molecule has 1 heterocycles. The number of aromatic nitrogens is 4. The number of hydrogen-bond donors (Lipinski definition) is 2. The number of nitrogens with zero attached hydrogens (tertiary/aromatic N) is 4. The van der Waals surface area contributed by atoms with Crippen LogP contribution in [0.5, 0.6) is 0 Å². The van der Waals surface area contributed by atoms with Gasteiger partial charge in [-0.15, -0.1) is 5.10 Å². The van der Waals surface area contributed by atoms with Crippen molar-refractivity contribution in [3.8, 4) is 11.8 Å². The van der Waals surface area contributed by atoms with Gasteiger partial charge in [0.1, 0.15) is 6.61 Å². The zero-order valence-electron chi connectivity index (χ0n) is 11.1. The topological polar surface area (TPSA) is 92.9 Å². The third-order valence-corrected chi connectivity index (χ3v) is 2.53. The van der Waals surface area contributed by atoms with E-state index < -0.39 is 0 Å². The van der Waals surface area contributed by atoms with Gasteiger partial charge in [0, 0.05) is 11.1 Å². The zero-order chi connectivity index (χ0) is 14.5. The molecule has 1 aromatic carbocycles. The summed E-state index contributed by atoms with van der Waals surface area (Å²) in [4.78, 5) is 13.4. The van der Waals surface area contributed by atoms with Crippen molar-refractivity contribution in [1.29, 1.82) is 0 Å². The van der Waals surface area contributed by atoms with E-state index in [1.165, 1.54) is 4.80 Å². The number of hydrogen-bond acceptors (Lipinski definition) is 5. The predicted molar refractivity (Wildman–Crippen MR) is 71.9 cm³/mol. The summed E-state index contributed by atoms with van der Waals surface area (Å²) in [7, 11) is 1.61. The zero-order valence-corrected chi connectivity index (χ0v) is 11.1. The van der Waals surface area contributed by atoms with Crippen molar-refractivity contribution >= 4 is 11.9 Å². The molecule has 20 heavy (non-hydrogen) atoms. The van der Waals surface area contributed by atoms with E-state index in [1.807, 2.05) is 6.92 Å². The van der Waals surface area contributed by atoms with Gasteiger partial charge in [0.25, 0.3) is 11.9 Å². The monoisotopic (exact) mass is 271 g/mol. The Hall–Kier alpha value is -2.72. The summed E-state index contributed by atoms with van der Waals surface area (Å²) >= 11 is 0. The van der Waals surface area contributed by atoms with E-state index >= 15 is 0 Å². The van der Waals surface area contributed by atoms with Crippen molar-refractivity contribution < 1.29 is 9.90 Å². The molecule has 0 aliphatic rings. The number of amides is 1. The van der Waals surface area contributed by atoms with E-state index in [-0.39, 0.29) is 18.5 Å². The molecule has 1 aromatic heterocycles. The second kappa shape index (κ2) is 5.95. The Balaban J connectivity index is 2.24. The number of carbonyl (C=O) groups is 1. The predicted octanol–water partition coefficient (Wildman–Crippen LogP) is 0.115. The Bertz CT molecular complexity index is 696. The lowest BCUT2D eigenvalue weighted by atomic mass is 10.0. The molecule has 7 nitrogen and oxygen atoms in total. The fourth-order valence-electron chi connectivity index (χ4n) is 1.59. The molecule has 0 bridgehead atoms. The van der Waals surface area contributed by atoms with Gasteiger partial charge in [-0.25, -0.2) is 0 Å². The summed E-state index contributed by atoms with van der Waals surface area (Å²) in [5.41, 5.74) is 1.94. The SMILES string of the molecule is Cc1ccc(C#CCO)cc1C(=O)Nc1nnn(C)n1. The van der Waals surface area contributed by atoms with Crippen molar-refractivity contribution in [1.82, 2.24) is 20.2 Å². The number of benzene rings is 1. The van der Waals surface area contributed by atoms with Crippen molar-refractivity contribution in [2.75, 3.05) is 11.9 Å². The molecule has 102 valence electrons. The Morgan fingerprint density at radius 1 is 1.50 bits per heavy atom. The minimum absolute atomic E-state index is 0.142. The molecule has 0 saturated carbocycles. The fourth-order valence-corrected chi connectivity index (χ4v) is 1.59. The molecule has 0 radical (unpaired) electrons. The highest BCUT2D eigenvalue weighted by Gasteiger charge is 2.12. The van der Waals surface area contributed by atoms with Gasteiger partial charge in [-0.3, -0.25) is 10.1 Å². The van der Waals surface area contributed by atoms with Gasteiger partial charge in [-0.05, 0) is 29.8 Å². The Morgan fingerprint density at radius 2 is 2.30 bits per heavy atom. The Kier molecular flexibility index (Phi) is 4.08. The van der Waals surface area contributed by atoms with Gasteiger partial charge in [0.05, 0.1) is 7.05 Å². The third-order valence-electron chi connectivity index (χ3n) is 2.53. The lowest BCUT2D eigenvalue weighted by Gasteiger charge is -2.05. The van der Waals surface area contributed by atoms with E-state index in [1.54, 1.807) is 25.2 Å². The summed E-state index contributed by atoms with van der Waals surface area (Å²) in [6.45, 7) is 1.60. The largest absolute Gasteiger partial charge is 0.384 e. The highest BCUT2D eigenvalue weighted by Crippen LogP contribution is 2.12. The number of nitrogens with one attached hydrogen (secondary N) is 1. The normalized spacial score (nSPS) is 9.75. The van der Waals surface area contributed by atoms with Gasteiger partial charge in [0.2, 0.25) is 0 Å². The Morgan fingerprint density at radius 3 is 2.95 bits per heavy atom. The maximum absolute atomic E-state index is 12.1. The van der Waals surface area contributed by atoms with Crippen LogP contribution in [-0.2, 0) is 7.05 Å². The van der Waals surface area contributed by atoms with E-state index in [2.05, 4.69) is 32.6 Å². The second-order valence-electron chi connectivity index (χ2n) is 4.05. The minimum atomic E-state index is -0.330. The van der Waals surface area contributed by atoms with Crippen LogP contribution >= 0.6 is 0 Å². The van der Waals surface area contributed by atoms with Crippen LogP contribution in [0.4, 0.5) is 5.95 Å². The number of aliphatic hydroxyl groups excluding tert-OH is 1. The number of carbonyl (C=O) groups excluding carboxylic acids is 1. The van der Waals surface area contributed by atoms with Gasteiger partial charge in [-0.1, -0.05) is 23.0 Å². The molecule has 2 aromatic rings. The van der Waals surface area contributed by atoms with E-state index in [0.29, 0.717) is 11.1 Å². The summed E-state index contributed by atoms with van der Waals surface area (Å²) in [6.07, 6.45) is 0. The van der Waals surface area contributed by atoms with Crippen LogP contribution in [0, 0.1) is 18.8 Å². The lowest BCUT2D eigenvalue weighted by Crippen LogP contribution is -2.15. The summed E-state index contributed by atoms with van der Waals surface area (Å²) in [6, 6.07) is 5.24. The molecule has 0 saturated heterocycles. The first-order valence-corrected chi connectivity index (χ1v) is 5.86. The number of anilines is 1. The first-order chi connectivity index (χ1) is 9.60. The van der Waals surface area contributed by atoms with Crippen LogP contribution in [0.1, 0.15) is 21.5 Å². The molecule has 1 amide bonds. The van der Waals surface area contributed by atoms with Crippen LogP contribution in [0.15, 0.2) is 18.2 Å². The van der Waals surface area contributed by atoms with E-state index in [9.17, 15) is 4.79 Å². The second-order valence-corrected chi connectivity index (χ2v) is 4.05. The summed E-state index contributed by atoms with van der Waals surface area (Å²) < 4.78 is 0. The molecule has 0 unspecified atom stereocenters. The van der Waals surface area contributed by atoms with Crippen LogP contribution < -0.4 is 5.32 Å². The molecule has 0 aliphatic carbocycles. The molecule has 0 spiro atoms. The van der Waals surface area contributed by atoms with Crippen LogP contribution in [-0.4, -0.2) is 37.8 Å². The van der Waals surface area contributed by atoms with E-state index in [0.717, 1.165) is 5.56 Å². The van der Waals surface area contributed by atoms with Crippen molar-refractivity contribution in [2.45, 2.75) is 6.92 Å². The molecule has 2 N–H and O–H groups in total. The summed E-state index contributed by atoms with van der Waals surface area (Å²) in [5, 5.41) is 22.4. The first-order valence-electron chi connectivity index (χ1n) is 5.86. The molecule has 0 atom stereocenters.